The summed E-state index contributed by atoms with van der Waals surface area (Å²) >= 11 is 0. The molecule has 8 saturated heterocycles. The average molecular weight is 746 g/mol. The Morgan fingerprint density at radius 2 is 1.60 bits per heavy atom. The molecule has 4 N–H and O–H groups in total. The van der Waals surface area contributed by atoms with Gasteiger partial charge >= 0.3 is 0 Å². The van der Waals surface area contributed by atoms with Crippen molar-refractivity contribution in [1.82, 2.24) is 0 Å². The van der Waals surface area contributed by atoms with E-state index in [4.69, 9.17) is 43.6 Å². The Hall–Kier alpha value is -1.29. The number of aliphatic hydroxyl groups excluding tert-OH is 2. The van der Waals surface area contributed by atoms with Gasteiger partial charge in [-0.3, -0.25) is 4.79 Å². The van der Waals surface area contributed by atoms with E-state index in [0.717, 1.165) is 49.7 Å². The second-order valence-electron chi connectivity index (χ2n) is 17.7. The van der Waals surface area contributed by atoms with Crippen molar-refractivity contribution in [3.05, 3.63) is 24.3 Å². The fraction of sp³-hybridized carbons (Fsp3) is 0.878. The molecule has 8 heterocycles. The molecule has 2 unspecified atom stereocenters. The SMILES string of the molecule is C=C1CC2CC[C@]34C[C@H](O)[C@H](O3)[C@@H]3O[C@H]5CC[C@H](CC(=O)C[C@@H]6[C@@H](OC)[C@@H](C[C@H](O)CN)O[C@H]6C[C@H]6O[C@@H](CC[C@@H]1O2)C[C@@H](C)C6=C)OC5[C@H](O4)[C@@H]3C. The normalized spacial score (nSPS) is 51.1. The number of Topliss-reactive ketones (excluding diaryl/α,β-unsaturated/α-hetero) is 1. The van der Waals surface area contributed by atoms with E-state index in [-0.39, 0.29) is 110 Å². The lowest BCUT2D eigenvalue weighted by molar-refractivity contribution is -0.290. The van der Waals surface area contributed by atoms with Crippen molar-refractivity contribution in [2.75, 3.05) is 13.7 Å². The van der Waals surface area contributed by atoms with Crippen molar-refractivity contribution in [3.8, 4) is 0 Å². The number of carbonyl (C=O) groups excluding carboxylic acids is 1. The highest BCUT2D eigenvalue weighted by Gasteiger charge is 2.62. The maximum absolute atomic E-state index is 14.1. The fourth-order valence-electron chi connectivity index (χ4n) is 11.1. The van der Waals surface area contributed by atoms with Gasteiger partial charge in [0.25, 0.3) is 0 Å². The third kappa shape index (κ3) is 7.61. The van der Waals surface area contributed by atoms with E-state index in [1.165, 1.54) is 0 Å². The van der Waals surface area contributed by atoms with Crippen LogP contribution >= 0.6 is 0 Å². The number of ether oxygens (including phenoxy) is 8. The molecule has 8 aliphatic heterocycles. The summed E-state index contributed by atoms with van der Waals surface area (Å²) in [5.41, 5.74) is 7.96. The van der Waals surface area contributed by atoms with Crippen LogP contribution in [0.3, 0.4) is 0 Å². The first-order chi connectivity index (χ1) is 25.4. The summed E-state index contributed by atoms with van der Waals surface area (Å²) in [6.07, 6.45) is 3.08. The Kier molecular flexibility index (Phi) is 11.3. The van der Waals surface area contributed by atoms with E-state index >= 15 is 0 Å². The minimum Gasteiger partial charge on any atom is -0.392 e. The highest BCUT2D eigenvalue weighted by molar-refractivity contribution is 5.79. The van der Waals surface area contributed by atoms with Gasteiger partial charge in [-0.25, -0.2) is 0 Å². The summed E-state index contributed by atoms with van der Waals surface area (Å²) in [7, 11) is 1.65. The van der Waals surface area contributed by atoms with E-state index in [1.54, 1.807) is 7.11 Å². The van der Waals surface area contributed by atoms with E-state index in [0.29, 0.717) is 32.1 Å². The maximum Gasteiger partial charge on any atom is 0.172 e. The zero-order valence-electron chi connectivity index (χ0n) is 31.9. The average Bonchev–Trinajstić information content (AvgIpc) is 3.75. The molecule has 19 atom stereocenters. The predicted molar refractivity (Wildman–Crippen MR) is 193 cm³/mol. The smallest absolute Gasteiger partial charge is 0.172 e. The molecule has 0 aromatic carbocycles. The molecule has 298 valence electrons. The number of rotatable bonds is 4. The molecule has 0 aliphatic carbocycles. The van der Waals surface area contributed by atoms with Gasteiger partial charge in [0.15, 0.2) is 5.79 Å². The van der Waals surface area contributed by atoms with Crippen LogP contribution in [-0.2, 0) is 42.7 Å². The second-order valence-corrected chi connectivity index (χ2v) is 17.7. The van der Waals surface area contributed by atoms with Crippen LogP contribution in [0.25, 0.3) is 0 Å². The molecule has 8 aliphatic rings. The third-order valence-corrected chi connectivity index (χ3v) is 14.1. The Morgan fingerprint density at radius 1 is 0.849 bits per heavy atom. The standard InChI is InChI=1S/C41H63NO11/c1-20-12-26-6-8-31-21(2)13-28(47-31)10-11-41-18-30(45)39(53-41)36-23(4)37(52-41)40-32(51-36)9-7-27(49-40)14-24(43)15-29-34(17-33(48-26)22(20)3)50-35(38(29)46-5)16-25(44)19-42/h20,23,25-40,44-45H,2-3,6-19,42H2,1,4-5H3/t20-,23-,25+,26+,27-,28?,29+,30+,31+,32+,33-,34+,35-,36-,37-,38-,39+,40?,41-/m1/s1. The highest BCUT2D eigenvalue weighted by Crippen LogP contribution is 2.51. The molecule has 0 aromatic heterocycles. The van der Waals surface area contributed by atoms with Crippen LogP contribution in [0, 0.1) is 17.8 Å². The van der Waals surface area contributed by atoms with E-state index < -0.39 is 30.2 Å². The van der Waals surface area contributed by atoms with Gasteiger partial charge in [0.1, 0.15) is 18.0 Å². The summed E-state index contributed by atoms with van der Waals surface area (Å²) in [5.74, 6) is -0.913. The monoisotopic (exact) mass is 745 g/mol. The molecule has 8 rings (SSSR count). The van der Waals surface area contributed by atoms with Crippen molar-refractivity contribution in [1.29, 1.82) is 0 Å². The van der Waals surface area contributed by atoms with Gasteiger partial charge in [-0.15, -0.1) is 0 Å². The minimum atomic E-state index is -0.966. The Morgan fingerprint density at radius 3 is 2.40 bits per heavy atom. The topological polar surface area (TPSA) is 157 Å². The number of aliphatic hydroxyl groups is 2. The van der Waals surface area contributed by atoms with Crippen molar-refractivity contribution >= 4 is 5.78 Å². The lowest BCUT2D eigenvalue weighted by atomic mass is 9.80. The Labute approximate surface area is 314 Å². The zero-order valence-corrected chi connectivity index (χ0v) is 31.9. The Balaban J connectivity index is 1.07. The van der Waals surface area contributed by atoms with Crippen molar-refractivity contribution in [3.63, 3.8) is 0 Å². The molecule has 0 amide bonds. The molecule has 0 saturated carbocycles. The summed E-state index contributed by atoms with van der Waals surface area (Å²) in [4.78, 5) is 14.1. The van der Waals surface area contributed by atoms with Gasteiger partial charge in [0, 0.05) is 64.0 Å². The number of methoxy groups -OCH3 is 1. The van der Waals surface area contributed by atoms with Crippen LogP contribution in [0.5, 0.6) is 0 Å². The number of nitrogens with two attached hydrogens (primary N) is 1. The number of ketones is 1. The molecule has 1 spiro atoms. The molecular formula is C41H63NO11. The van der Waals surface area contributed by atoms with Gasteiger partial charge < -0.3 is 53.8 Å². The Bertz CT molecular complexity index is 1360. The fourth-order valence-corrected chi connectivity index (χ4v) is 11.1. The van der Waals surface area contributed by atoms with Crippen LogP contribution in [0.4, 0.5) is 0 Å². The number of hydrogen-bond donors (Lipinski definition) is 3. The van der Waals surface area contributed by atoms with Crippen LogP contribution in [0.1, 0.15) is 97.3 Å². The molecule has 12 heteroatoms. The summed E-state index contributed by atoms with van der Waals surface area (Å²) in [5, 5.41) is 21.8. The van der Waals surface area contributed by atoms with Gasteiger partial charge in [-0.05, 0) is 62.0 Å². The summed E-state index contributed by atoms with van der Waals surface area (Å²) < 4.78 is 53.3. The highest BCUT2D eigenvalue weighted by atomic mass is 16.7. The lowest BCUT2D eigenvalue weighted by Gasteiger charge is -2.50. The molecule has 0 aromatic rings. The summed E-state index contributed by atoms with van der Waals surface area (Å²) in [6, 6.07) is 0. The van der Waals surface area contributed by atoms with E-state index in [9.17, 15) is 15.0 Å². The van der Waals surface area contributed by atoms with E-state index in [1.807, 2.05) is 0 Å². The quantitative estimate of drug-likeness (QED) is 0.360. The van der Waals surface area contributed by atoms with Crippen molar-refractivity contribution < 1.29 is 52.9 Å². The molecule has 0 radical (unpaired) electrons. The molecule has 8 fully saturated rings. The largest absolute Gasteiger partial charge is 0.392 e. The summed E-state index contributed by atoms with van der Waals surface area (Å²) in [6.45, 7) is 13.3. The molecule has 12 nitrogen and oxygen atoms in total. The minimum absolute atomic E-state index is 0.0110. The second kappa shape index (κ2) is 15.6. The van der Waals surface area contributed by atoms with Gasteiger partial charge in [-0.2, -0.15) is 0 Å². The van der Waals surface area contributed by atoms with Gasteiger partial charge in [-0.1, -0.05) is 27.0 Å². The first-order valence-electron chi connectivity index (χ1n) is 20.5. The maximum atomic E-state index is 14.1. The number of hydrogen-bond acceptors (Lipinski definition) is 12. The van der Waals surface area contributed by atoms with Gasteiger partial charge in [0.2, 0.25) is 0 Å². The first-order valence-corrected chi connectivity index (χ1v) is 20.5. The van der Waals surface area contributed by atoms with Crippen molar-refractivity contribution in [2.24, 2.45) is 23.5 Å². The van der Waals surface area contributed by atoms with Gasteiger partial charge in [0.05, 0.1) is 79.4 Å². The van der Waals surface area contributed by atoms with Crippen LogP contribution in [0.15, 0.2) is 24.3 Å². The predicted octanol–water partition coefficient (Wildman–Crippen LogP) is 3.67. The zero-order chi connectivity index (χ0) is 37.2. The molecule has 10 bridgehead atoms. The van der Waals surface area contributed by atoms with E-state index in [2.05, 4.69) is 27.0 Å². The molecular weight excluding hydrogens is 682 g/mol. The molecule has 53 heavy (non-hydrogen) atoms. The van der Waals surface area contributed by atoms with Crippen LogP contribution in [0.2, 0.25) is 0 Å². The van der Waals surface area contributed by atoms with Crippen LogP contribution < -0.4 is 5.73 Å². The van der Waals surface area contributed by atoms with Crippen molar-refractivity contribution in [2.45, 2.75) is 195 Å². The number of carbonyl (C=O) groups is 1. The lowest BCUT2D eigenvalue weighted by Crippen LogP contribution is -2.62. The number of fused-ring (bicyclic) bond motifs is 9. The third-order valence-electron chi connectivity index (χ3n) is 14.1. The van der Waals surface area contributed by atoms with Crippen LogP contribution in [-0.4, -0.2) is 127 Å². The first kappa shape index (κ1) is 38.6.